The van der Waals surface area contributed by atoms with Gasteiger partial charge in [-0.05, 0) is 76.0 Å². The fourth-order valence-electron chi connectivity index (χ4n) is 4.72. The first kappa shape index (κ1) is 19.9. The minimum atomic E-state index is -0.00183. The number of likely N-dealkylation sites (tertiary alicyclic amines) is 1. The third kappa shape index (κ3) is 4.60. The quantitative estimate of drug-likeness (QED) is 0.740. The molecule has 5 heteroatoms. The standard InChI is InChI=1S/C24H31N3O2/c1-18-8-7-10-20(16-18)24(29)26-14-6-5-11-21(26)13-15-27-23(28)17-19-9-3-2-4-12-22(19)25-27/h7-8,10,16-17,21H,2-6,9,11-15H2,1H3. The lowest BCUT2D eigenvalue weighted by Crippen LogP contribution is -2.44. The molecule has 154 valence electrons. The minimum Gasteiger partial charge on any atom is -0.336 e. The van der Waals surface area contributed by atoms with Crippen LogP contribution >= 0.6 is 0 Å². The van der Waals surface area contributed by atoms with E-state index in [1.165, 1.54) is 6.42 Å². The second-order valence-electron chi connectivity index (χ2n) is 8.54. The molecule has 0 N–H and O–H groups in total. The molecule has 1 aromatic heterocycles. The van der Waals surface area contributed by atoms with Crippen LogP contribution in [0.25, 0.3) is 0 Å². The van der Waals surface area contributed by atoms with Gasteiger partial charge >= 0.3 is 0 Å². The number of hydrogen-bond donors (Lipinski definition) is 0. The van der Waals surface area contributed by atoms with Crippen molar-refractivity contribution in [2.45, 2.75) is 77.3 Å². The van der Waals surface area contributed by atoms with E-state index in [4.69, 9.17) is 5.10 Å². The van der Waals surface area contributed by atoms with Crippen LogP contribution in [0, 0.1) is 6.92 Å². The summed E-state index contributed by atoms with van der Waals surface area (Å²) in [6.45, 7) is 3.39. The van der Waals surface area contributed by atoms with E-state index < -0.39 is 0 Å². The van der Waals surface area contributed by atoms with Gasteiger partial charge in [0.15, 0.2) is 0 Å². The molecule has 1 aliphatic heterocycles. The molecule has 0 radical (unpaired) electrons. The summed E-state index contributed by atoms with van der Waals surface area (Å²) in [5, 5.41) is 4.70. The van der Waals surface area contributed by atoms with E-state index in [-0.39, 0.29) is 17.5 Å². The summed E-state index contributed by atoms with van der Waals surface area (Å²) in [7, 11) is 0. The molecule has 1 atom stereocenters. The van der Waals surface area contributed by atoms with Crippen molar-refractivity contribution in [2.75, 3.05) is 6.54 Å². The van der Waals surface area contributed by atoms with Crippen molar-refractivity contribution in [3.63, 3.8) is 0 Å². The summed E-state index contributed by atoms with van der Waals surface area (Å²) in [4.78, 5) is 27.7. The minimum absolute atomic E-state index is 0.00183. The Hall–Kier alpha value is -2.43. The van der Waals surface area contributed by atoms with E-state index in [2.05, 4.69) is 0 Å². The Labute approximate surface area is 172 Å². The van der Waals surface area contributed by atoms with E-state index in [1.54, 1.807) is 10.7 Å². The van der Waals surface area contributed by atoms with Crippen molar-refractivity contribution >= 4 is 5.91 Å². The number of hydrogen-bond acceptors (Lipinski definition) is 3. The monoisotopic (exact) mass is 393 g/mol. The number of aryl methyl sites for hydroxylation is 4. The van der Waals surface area contributed by atoms with Gasteiger partial charge in [0, 0.05) is 30.8 Å². The summed E-state index contributed by atoms with van der Waals surface area (Å²) >= 11 is 0. The van der Waals surface area contributed by atoms with Crippen molar-refractivity contribution < 1.29 is 4.79 Å². The van der Waals surface area contributed by atoms with Crippen molar-refractivity contribution in [3.05, 3.63) is 63.1 Å². The molecule has 4 rings (SSSR count). The molecule has 29 heavy (non-hydrogen) atoms. The molecule has 1 unspecified atom stereocenters. The summed E-state index contributed by atoms with van der Waals surface area (Å²) in [6.07, 6.45) is 9.41. The number of nitrogens with zero attached hydrogens (tertiary/aromatic N) is 3. The van der Waals surface area contributed by atoms with Crippen LogP contribution in [0.15, 0.2) is 35.1 Å². The van der Waals surface area contributed by atoms with Crippen molar-refractivity contribution in [1.82, 2.24) is 14.7 Å². The highest BCUT2D eigenvalue weighted by molar-refractivity contribution is 5.94. The molecule has 1 aliphatic carbocycles. The lowest BCUT2D eigenvalue weighted by Gasteiger charge is -2.36. The highest BCUT2D eigenvalue weighted by atomic mass is 16.2. The molecule has 0 spiro atoms. The average Bonchev–Trinajstić information content (AvgIpc) is 2.96. The predicted octanol–water partition coefficient (Wildman–Crippen LogP) is 3.91. The highest BCUT2D eigenvalue weighted by Crippen LogP contribution is 2.23. The fraction of sp³-hybridized carbons (Fsp3) is 0.542. The Morgan fingerprint density at radius 3 is 2.83 bits per heavy atom. The van der Waals surface area contributed by atoms with E-state index in [9.17, 15) is 9.59 Å². The van der Waals surface area contributed by atoms with Crippen LogP contribution in [0.4, 0.5) is 0 Å². The van der Waals surface area contributed by atoms with Crippen LogP contribution in [0.5, 0.6) is 0 Å². The number of amides is 1. The van der Waals surface area contributed by atoms with Crippen LogP contribution in [0.1, 0.15) is 72.1 Å². The van der Waals surface area contributed by atoms with E-state index in [1.807, 2.05) is 36.1 Å². The van der Waals surface area contributed by atoms with Crippen LogP contribution in [-0.4, -0.2) is 33.2 Å². The SMILES string of the molecule is Cc1cccc(C(=O)N2CCCCC2CCn2nc3c(cc2=O)CCCCC3)c1. The average molecular weight is 394 g/mol. The zero-order valence-electron chi connectivity index (χ0n) is 17.4. The van der Waals surface area contributed by atoms with Crippen molar-refractivity contribution in [1.29, 1.82) is 0 Å². The first-order chi connectivity index (χ1) is 14.1. The van der Waals surface area contributed by atoms with Gasteiger partial charge in [0.05, 0.1) is 5.69 Å². The number of fused-ring (bicyclic) bond motifs is 1. The van der Waals surface area contributed by atoms with Gasteiger partial charge in [-0.25, -0.2) is 4.68 Å². The Kier molecular flexibility index (Phi) is 6.12. The normalized spacial score (nSPS) is 19.5. The maximum Gasteiger partial charge on any atom is 0.267 e. The molecular formula is C24H31N3O2. The molecule has 0 bridgehead atoms. The number of piperidine rings is 1. The van der Waals surface area contributed by atoms with Gasteiger partial charge in [-0.15, -0.1) is 0 Å². The first-order valence-electron chi connectivity index (χ1n) is 11.1. The molecule has 1 fully saturated rings. The summed E-state index contributed by atoms with van der Waals surface area (Å²) in [5.41, 5.74) is 4.09. The highest BCUT2D eigenvalue weighted by Gasteiger charge is 2.27. The van der Waals surface area contributed by atoms with Gasteiger partial charge in [0.1, 0.15) is 0 Å². The number of carbonyl (C=O) groups excluding carboxylic acids is 1. The molecule has 2 aliphatic rings. The van der Waals surface area contributed by atoms with Gasteiger partial charge in [-0.1, -0.05) is 24.1 Å². The van der Waals surface area contributed by atoms with E-state index >= 15 is 0 Å². The van der Waals surface area contributed by atoms with Gasteiger partial charge in [0.25, 0.3) is 11.5 Å². The number of carbonyl (C=O) groups is 1. The molecule has 2 aromatic rings. The summed E-state index contributed by atoms with van der Waals surface area (Å²) in [5.74, 6) is 0.112. The summed E-state index contributed by atoms with van der Waals surface area (Å²) < 4.78 is 1.63. The molecule has 1 amide bonds. The second-order valence-corrected chi connectivity index (χ2v) is 8.54. The number of aromatic nitrogens is 2. The Morgan fingerprint density at radius 1 is 1.10 bits per heavy atom. The molecule has 1 saturated heterocycles. The lowest BCUT2D eigenvalue weighted by molar-refractivity contribution is 0.0593. The van der Waals surface area contributed by atoms with E-state index in [0.29, 0.717) is 6.54 Å². The molecule has 1 aromatic carbocycles. The van der Waals surface area contributed by atoms with E-state index in [0.717, 1.165) is 80.3 Å². The third-order valence-corrected chi connectivity index (χ3v) is 6.35. The predicted molar refractivity (Wildman–Crippen MR) is 114 cm³/mol. The Bertz CT molecular complexity index is 934. The molecule has 5 nitrogen and oxygen atoms in total. The first-order valence-corrected chi connectivity index (χ1v) is 11.1. The van der Waals surface area contributed by atoms with Crippen LogP contribution in [0.3, 0.4) is 0 Å². The maximum atomic E-state index is 13.1. The Morgan fingerprint density at radius 2 is 1.97 bits per heavy atom. The third-order valence-electron chi connectivity index (χ3n) is 6.35. The van der Waals surface area contributed by atoms with Crippen molar-refractivity contribution in [3.8, 4) is 0 Å². The zero-order valence-corrected chi connectivity index (χ0v) is 17.4. The van der Waals surface area contributed by atoms with Crippen molar-refractivity contribution in [2.24, 2.45) is 0 Å². The number of rotatable bonds is 4. The fourth-order valence-corrected chi connectivity index (χ4v) is 4.72. The second kappa shape index (κ2) is 8.93. The molecule has 2 heterocycles. The van der Waals surface area contributed by atoms with Gasteiger partial charge in [0.2, 0.25) is 0 Å². The Balaban J connectivity index is 1.48. The van der Waals surface area contributed by atoms with Crippen LogP contribution < -0.4 is 5.56 Å². The van der Waals surface area contributed by atoms with Gasteiger partial charge in [-0.3, -0.25) is 9.59 Å². The van der Waals surface area contributed by atoms with Gasteiger partial charge < -0.3 is 4.90 Å². The van der Waals surface area contributed by atoms with Crippen LogP contribution in [0.2, 0.25) is 0 Å². The smallest absolute Gasteiger partial charge is 0.267 e. The molecule has 0 saturated carbocycles. The summed E-state index contributed by atoms with van der Waals surface area (Å²) in [6, 6.07) is 9.79. The largest absolute Gasteiger partial charge is 0.336 e. The lowest BCUT2D eigenvalue weighted by atomic mass is 9.98. The zero-order chi connectivity index (χ0) is 20.2. The maximum absolute atomic E-state index is 13.1. The molecular weight excluding hydrogens is 362 g/mol. The topological polar surface area (TPSA) is 55.2 Å². The van der Waals surface area contributed by atoms with Gasteiger partial charge in [-0.2, -0.15) is 5.10 Å². The van der Waals surface area contributed by atoms with Crippen LogP contribution in [-0.2, 0) is 19.4 Å². The number of benzene rings is 1.